The van der Waals surface area contributed by atoms with Crippen LogP contribution in [0.15, 0.2) is 65.8 Å². The van der Waals surface area contributed by atoms with E-state index in [1.165, 1.54) is 15.6 Å². The van der Waals surface area contributed by atoms with Gasteiger partial charge in [-0.05, 0) is 48.4 Å². The van der Waals surface area contributed by atoms with Crippen molar-refractivity contribution in [1.29, 1.82) is 5.26 Å². The summed E-state index contributed by atoms with van der Waals surface area (Å²) in [7, 11) is 1.60. The molecular formula is C27H24N8O3. The number of nitrogens with zero attached hydrogens (tertiary/aromatic N) is 7. The first kappa shape index (κ1) is 24.5. The fraction of sp³-hybridized carbons (Fsp3) is 0.185. The van der Waals surface area contributed by atoms with Crippen LogP contribution in [0.25, 0.3) is 16.8 Å². The van der Waals surface area contributed by atoms with Crippen LogP contribution in [0.4, 0.5) is 16.3 Å². The first-order valence-corrected chi connectivity index (χ1v) is 12.0. The molecule has 2 aromatic carbocycles. The highest BCUT2D eigenvalue weighted by Crippen LogP contribution is 2.35. The van der Waals surface area contributed by atoms with Crippen molar-refractivity contribution in [3.63, 3.8) is 0 Å². The Bertz CT molecular complexity index is 1680. The molecule has 1 aliphatic heterocycles. The molecule has 0 atom stereocenters. The first-order valence-electron chi connectivity index (χ1n) is 12.0. The van der Waals surface area contributed by atoms with Crippen LogP contribution in [0.3, 0.4) is 0 Å². The van der Waals surface area contributed by atoms with E-state index >= 15 is 0 Å². The molecule has 3 heterocycles. The number of primary amides is 1. The van der Waals surface area contributed by atoms with Gasteiger partial charge in [-0.25, -0.2) is 14.6 Å². The third kappa shape index (κ3) is 4.08. The summed E-state index contributed by atoms with van der Waals surface area (Å²) in [5.74, 6) is -0.0531. The highest BCUT2D eigenvalue weighted by atomic mass is 16.2. The summed E-state index contributed by atoms with van der Waals surface area (Å²) in [4.78, 5) is 45.1. The van der Waals surface area contributed by atoms with Crippen molar-refractivity contribution >= 4 is 23.4 Å². The number of aromatic nitrogens is 4. The second-order valence-electron chi connectivity index (χ2n) is 8.79. The maximum atomic E-state index is 13.5. The van der Waals surface area contributed by atoms with Gasteiger partial charge >= 0.3 is 11.7 Å². The smallest absolute Gasteiger partial charge is 0.350 e. The molecule has 1 aliphatic rings. The number of hydrogen-bond acceptors (Lipinski definition) is 6. The van der Waals surface area contributed by atoms with Crippen LogP contribution in [-0.4, -0.2) is 44.4 Å². The molecule has 0 radical (unpaired) electrons. The summed E-state index contributed by atoms with van der Waals surface area (Å²) in [6.45, 7) is 2.77. The lowest BCUT2D eigenvalue weighted by molar-refractivity contribution is 0.1000. The van der Waals surface area contributed by atoms with E-state index in [1.54, 1.807) is 65.5 Å². The van der Waals surface area contributed by atoms with Crippen molar-refractivity contribution in [1.82, 2.24) is 19.3 Å². The molecular weight excluding hydrogens is 484 g/mol. The third-order valence-electron chi connectivity index (χ3n) is 6.58. The number of carbonyl (C=O) groups excluding carboxylic acids is 2. The fourth-order valence-electron chi connectivity index (χ4n) is 4.66. The molecule has 11 nitrogen and oxygen atoms in total. The number of carbonyl (C=O) groups is 2. The minimum absolute atomic E-state index is 0.267. The molecule has 3 amide bonds. The monoisotopic (exact) mass is 508 g/mol. The van der Waals surface area contributed by atoms with Crippen LogP contribution >= 0.6 is 0 Å². The Balaban J connectivity index is 1.53. The number of amides is 3. The maximum Gasteiger partial charge on any atom is 0.350 e. The topological polar surface area (TPSA) is 143 Å². The molecule has 4 aromatic rings. The average Bonchev–Trinajstić information content (AvgIpc) is 3.49. The van der Waals surface area contributed by atoms with Gasteiger partial charge in [-0.15, -0.1) is 0 Å². The van der Waals surface area contributed by atoms with Gasteiger partial charge in [0, 0.05) is 48.7 Å². The normalized spacial score (nSPS) is 13.1. The van der Waals surface area contributed by atoms with Crippen LogP contribution < -0.4 is 21.2 Å². The SMILES string of the molecule is CCc1c(-c2ccc(-n3ncn(C)c3=O)cc2C#N)ccnc1N1CCN(c2cccc(C(N)=O)c2)C1=O. The van der Waals surface area contributed by atoms with Gasteiger partial charge in [-0.3, -0.25) is 19.2 Å². The Labute approximate surface area is 218 Å². The summed E-state index contributed by atoms with van der Waals surface area (Å²) in [6.07, 6.45) is 3.59. The standard InChI is InChI=1S/C27H24N8O3/c1-3-21-23(22-8-7-20(14-18(22)15-28)35-26(37)32(2)16-31-35)9-10-30-25(21)34-12-11-33(27(34)38)19-6-4-5-17(13-19)24(29)36/h4-10,13-14,16H,3,11-12H2,1-2H3,(H2,29,36). The molecule has 190 valence electrons. The van der Waals surface area contributed by atoms with E-state index < -0.39 is 5.91 Å². The Kier molecular flexibility index (Phi) is 6.22. The van der Waals surface area contributed by atoms with Crippen LogP contribution in [0, 0.1) is 11.3 Å². The van der Waals surface area contributed by atoms with Crippen LogP contribution in [0.2, 0.25) is 0 Å². The van der Waals surface area contributed by atoms with E-state index in [-0.39, 0.29) is 11.7 Å². The predicted octanol–water partition coefficient (Wildman–Crippen LogP) is 2.61. The number of anilines is 2. The highest BCUT2D eigenvalue weighted by molar-refractivity contribution is 6.07. The summed E-state index contributed by atoms with van der Waals surface area (Å²) in [6, 6.07) is 15.6. The van der Waals surface area contributed by atoms with Crippen LogP contribution in [0.5, 0.6) is 0 Å². The van der Waals surface area contributed by atoms with Crippen molar-refractivity contribution in [3.05, 3.63) is 88.2 Å². The Morgan fingerprint density at radius 1 is 1.05 bits per heavy atom. The quantitative estimate of drug-likeness (QED) is 0.424. The number of aryl methyl sites for hydroxylation is 1. The number of pyridine rings is 1. The molecule has 11 heteroatoms. The molecule has 0 spiro atoms. The Hall–Kier alpha value is -5.24. The predicted molar refractivity (Wildman–Crippen MR) is 141 cm³/mol. The molecule has 2 N–H and O–H groups in total. The molecule has 38 heavy (non-hydrogen) atoms. The summed E-state index contributed by atoms with van der Waals surface area (Å²) in [5.41, 5.74) is 9.09. The number of nitrogens with two attached hydrogens (primary N) is 1. The highest BCUT2D eigenvalue weighted by Gasteiger charge is 2.33. The molecule has 2 aromatic heterocycles. The Morgan fingerprint density at radius 3 is 2.53 bits per heavy atom. The minimum atomic E-state index is -0.565. The summed E-state index contributed by atoms with van der Waals surface area (Å²) < 4.78 is 2.58. The fourth-order valence-corrected chi connectivity index (χ4v) is 4.66. The van der Waals surface area contributed by atoms with E-state index in [0.29, 0.717) is 53.4 Å². The van der Waals surface area contributed by atoms with E-state index in [2.05, 4.69) is 16.2 Å². The zero-order chi connectivity index (χ0) is 27.0. The van der Waals surface area contributed by atoms with Crippen molar-refractivity contribution in [2.75, 3.05) is 22.9 Å². The molecule has 0 bridgehead atoms. The number of hydrogen-bond donors (Lipinski definition) is 1. The van der Waals surface area contributed by atoms with E-state index in [0.717, 1.165) is 11.1 Å². The average molecular weight is 509 g/mol. The van der Waals surface area contributed by atoms with Crippen molar-refractivity contribution in [2.24, 2.45) is 12.8 Å². The van der Waals surface area contributed by atoms with Gasteiger partial charge < -0.3 is 5.73 Å². The van der Waals surface area contributed by atoms with E-state index in [4.69, 9.17) is 5.73 Å². The minimum Gasteiger partial charge on any atom is -0.366 e. The largest absolute Gasteiger partial charge is 0.366 e. The zero-order valence-electron chi connectivity index (χ0n) is 20.8. The molecule has 0 unspecified atom stereocenters. The van der Waals surface area contributed by atoms with E-state index in [9.17, 15) is 19.6 Å². The molecule has 0 aliphatic carbocycles. The summed E-state index contributed by atoms with van der Waals surface area (Å²) in [5, 5.41) is 14.0. The second-order valence-corrected chi connectivity index (χ2v) is 8.79. The number of urea groups is 1. The molecule has 1 saturated heterocycles. The van der Waals surface area contributed by atoms with Gasteiger partial charge in [0.25, 0.3) is 0 Å². The zero-order valence-corrected chi connectivity index (χ0v) is 20.8. The van der Waals surface area contributed by atoms with Gasteiger partial charge in [-0.2, -0.15) is 15.0 Å². The second kappa shape index (κ2) is 9.67. The van der Waals surface area contributed by atoms with E-state index in [1.807, 2.05) is 13.0 Å². The summed E-state index contributed by atoms with van der Waals surface area (Å²) >= 11 is 0. The van der Waals surface area contributed by atoms with Crippen molar-refractivity contribution in [2.45, 2.75) is 13.3 Å². The van der Waals surface area contributed by atoms with Gasteiger partial charge in [0.1, 0.15) is 12.1 Å². The lowest BCUT2D eigenvalue weighted by atomic mass is 9.95. The van der Waals surface area contributed by atoms with Crippen molar-refractivity contribution in [3.8, 4) is 22.9 Å². The third-order valence-corrected chi connectivity index (χ3v) is 6.58. The van der Waals surface area contributed by atoms with Crippen LogP contribution in [-0.2, 0) is 13.5 Å². The van der Waals surface area contributed by atoms with Gasteiger partial charge in [-0.1, -0.05) is 19.1 Å². The lowest BCUT2D eigenvalue weighted by Gasteiger charge is -2.22. The lowest BCUT2D eigenvalue weighted by Crippen LogP contribution is -2.33. The number of nitriles is 1. The number of benzene rings is 2. The van der Waals surface area contributed by atoms with Gasteiger partial charge in [0.05, 0.1) is 17.3 Å². The maximum absolute atomic E-state index is 13.5. The van der Waals surface area contributed by atoms with Crippen LogP contribution in [0.1, 0.15) is 28.4 Å². The molecule has 5 rings (SSSR count). The molecule has 0 saturated carbocycles. The first-order chi connectivity index (χ1) is 18.3. The van der Waals surface area contributed by atoms with Gasteiger partial charge in [0.2, 0.25) is 5.91 Å². The van der Waals surface area contributed by atoms with Gasteiger partial charge in [0.15, 0.2) is 0 Å². The van der Waals surface area contributed by atoms with Crippen molar-refractivity contribution < 1.29 is 9.59 Å². The molecule has 1 fully saturated rings. The Morgan fingerprint density at radius 2 is 1.84 bits per heavy atom. The number of rotatable bonds is 6.